The molecule has 0 amide bonds. The zero-order valence-electron chi connectivity index (χ0n) is 19.7. The molecule has 0 aromatic heterocycles. The number of allylic oxidation sites excluding steroid dienone is 4. The molecule has 1 heterocycles. The molecule has 3 aromatic rings. The van der Waals surface area contributed by atoms with Crippen molar-refractivity contribution in [1.29, 1.82) is 0 Å². The summed E-state index contributed by atoms with van der Waals surface area (Å²) in [5.74, 6) is 0. The first-order chi connectivity index (χ1) is 16.3. The predicted molar refractivity (Wildman–Crippen MR) is 148 cm³/mol. The van der Waals surface area contributed by atoms with Crippen molar-refractivity contribution >= 4 is 32.1 Å². The highest BCUT2D eigenvalue weighted by Crippen LogP contribution is 2.50. The number of piperazine rings is 1. The van der Waals surface area contributed by atoms with Crippen LogP contribution in [0.5, 0.6) is 0 Å². The number of rotatable bonds is 8. The van der Waals surface area contributed by atoms with Gasteiger partial charge in [0.05, 0.1) is 0 Å². The highest BCUT2D eigenvalue weighted by molar-refractivity contribution is 7.70. The van der Waals surface area contributed by atoms with E-state index in [9.17, 15) is 0 Å². The van der Waals surface area contributed by atoms with E-state index in [0.29, 0.717) is 0 Å². The van der Waals surface area contributed by atoms with E-state index in [1.165, 1.54) is 21.2 Å². The van der Waals surface area contributed by atoms with Crippen molar-refractivity contribution in [2.24, 2.45) is 0 Å². The minimum absolute atomic E-state index is 0.505. The number of hydrogen-bond acceptors (Lipinski definition) is 2. The molecule has 0 N–H and O–H groups in total. The maximum absolute atomic E-state index is 2.74. The van der Waals surface area contributed by atoms with Crippen molar-refractivity contribution in [3.63, 3.8) is 0 Å². The Morgan fingerprint density at radius 1 is 0.697 bits per heavy atom. The largest absolute Gasteiger partial charge is 0.272 e. The van der Waals surface area contributed by atoms with Crippen LogP contribution in [-0.2, 0) is 0 Å². The fourth-order valence-electron chi connectivity index (χ4n) is 4.35. The second-order valence-corrected chi connectivity index (χ2v) is 12.5. The highest BCUT2D eigenvalue weighted by Gasteiger charge is 2.31. The molecule has 3 aromatic carbocycles. The van der Waals surface area contributed by atoms with Gasteiger partial charge in [-0.15, -0.1) is 0 Å². The van der Waals surface area contributed by atoms with Crippen molar-refractivity contribution < 1.29 is 0 Å². The Kier molecular flexibility index (Phi) is 9.04. The first-order valence-electron chi connectivity index (χ1n) is 11.9. The molecule has 33 heavy (non-hydrogen) atoms. The Bertz CT molecular complexity index is 987. The van der Waals surface area contributed by atoms with Gasteiger partial charge >= 0.3 is 0 Å². The zero-order chi connectivity index (χ0) is 22.9. The van der Waals surface area contributed by atoms with Gasteiger partial charge in [0.25, 0.3) is 0 Å². The molecule has 1 saturated heterocycles. The quantitative estimate of drug-likeness (QED) is 0.283. The lowest BCUT2D eigenvalue weighted by atomic mass is 10.4. The first-order valence-corrected chi connectivity index (χ1v) is 14.5. The van der Waals surface area contributed by atoms with Gasteiger partial charge in [-0.3, -0.25) is 9.34 Å². The van der Waals surface area contributed by atoms with Crippen LogP contribution in [0, 0.1) is 0 Å². The zero-order valence-corrected chi connectivity index (χ0v) is 21.5. The lowest BCUT2D eigenvalue weighted by Crippen LogP contribution is -2.45. The minimum Gasteiger partial charge on any atom is -0.272 e. The van der Waals surface area contributed by atoms with E-state index in [2.05, 4.69) is 132 Å². The molecule has 4 rings (SSSR count). The molecule has 1 fully saturated rings. The van der Waals surface area contributed by atoms with Crippen LogP contribution >= 0.6 is 16.1 Å². The monoisotopic (exact) mass is 472 g/mol. The van der Waals surface area contributed by atoms with Crippen molar-refractivity contribution in [3.05, 3.63) is 115 Å². The number of nitrogens with zero attached hydrogens (tertiary/aromatic N) is 2. The van der Waals surface area contributed by atoms with Crippen molar-refractivity contribution in [2.75, 3.05) is 26.2 Å². The van der Waals surface area contributed by atoms with Crippen LogP contribution in [0.25, 0.3) is 0 Å². The second kappa shape index (κ2) is 12.4. The predicted octanol–water partition coefficient (Wildman–Crippen LogP) is 6.24. The molecule has 1 atom stereocenters. The van der Waals surface area contributed by atoms with Gasteiger partial charge in [-0.1, -0.05) is 116 Å². The highest BCUT2D eigenvalue weighted by atomic mass is 31.1. The summed E-state index contributed by atoms with van der Waals surface area (Å²) < 4.78 is 5.47. The molecular formula is C29H34N2P2. The van der Waals surface area contributed by atoms with Crippen LogP contribution in [-0.4, -0.2) is 35.5 Å². The number of benzene rings is 3. The third kappa shape index (κ3) is 6.08. The van der Waals surface area contributed by atoms with Crippen molar-refractivity contribution in [3.8, 4) is 0 Å². The first kappa shape index (κ1) is 24.1. The van der Waals surface area contributed by atoms with Gasteiger partial charge in [0.2, 0.25) is 0 Å². The normalized spacial score (nSPS) is 17.0. The maximum Gasteiger partial charge on any atom is 0.0282 e. The van der Waals surface area contributed by atoms with Gasteiger partial charge in [-0.2, -0.15) is 0 Å². The molecular weight excluding hydrogens is 438 g/mol. The van der Waals surface area contributed by atoms with Gasteiger partial charge in [-0.05, 0) is 34.6 Å². The summed E-state index contributed by atoms with van der Waals surface area (Å²) in [5.41, 5.74) is 0. The third-order valence-electron chi connectivity index (χ3n) is 5.80. The summed E-state index contributed by atoms with van der Waals surface area (Å²) in [5, 5.41) is 5.81. The van der Waals surface area contributed by atoms with E-state index < -0.39 is 16.1 Å². The van der Waals surface area contributed by atoms with Crippen molar-refractivity contribution in [1.82, 2.24) is 9.34 Å². The fourth-order valence-corrected chi connectivity index (χ4v) is 9.42. The van der Waals surface area contributed by atoms with E-state index in [1.807, 2.05) is 0 Å². The molecule has 1 unspecified atom stereocenters. The molecule has 1 aliphatic heterocycles. The average Bonchev–Trinajstić information content (AvgIpc) is 2.88. The summed E-state index contributed by atoms with van der Waals surface area (Å²) in [6.45, 7) is 8.75. The minimum atomic E-state index is -0.508. The van der Waals surface area contributed by atoms with Gasteiger partial charge in [0, 0.05) is 42.3 Å². The maximum atomic E-state index is 2.74. The molecule has 0 saturated carbocycles. The second-order valence-electron chi connectivity index (χ2n) is 8.07. The molecule has 0 bridgehead atoms. The molecule has 0 radical (unpaired) electrons. The van der Waals surface area contributed by atoms with E-state index in [0.717, 1.165) is 32.6 Å². The van der Waals surface area contributed by atoms with Crippen LogP contribution in [0.2, 0.25) is 0 Å². The summed E-state index contributed by atoms with van der Waals surface area (Å²) in [7, 11) is -1.01. The van der Waals surface area contributed by atoms with Gasteiger partial charge < -0.3 is 0 Å². The molecule has 1 aliphatic rings. The molecule has 0 aliphatic carbocycles. The molecule has 170 valence electrons. The fraction of sp³-hybridized carbons (Fsp3) is 0.241. The Morgan fingerprint density at radius 3 is 1.61 bits per heavy atom. The van der Waals surface area contributed by atoms with Gasteiger partial charge in [0.15, 0.2) is 0 Å². The summed E-state index contributed by atoms with van der Waals surface area (Å²) in [6.07, 6.45) is 8.01. The Labute approximate surface area is 202 Å². The van der Waals surface area contributed by atoms with E-state index in [1.54, 1.807) is 0 Å². The lowest BCUT2D eigenvalue weighted by molar-refractivity contribution is 0.299. The van der Waals surface area contributed by atoms with E-state index >= 15 is 0 Å². The average molecular weight is 473 g/mol. The van der Waals surface area contributed by atoms with Gasteiger partial charge in [-0.25, -0.2) is 0 Å². The summed E-state index contributed by atoms with van der Waals surface area (Å²) in [4.78, 5) is 0. The van der Waals surface area contributed by atoms with Crippen LogP contribution in [0.4, 0.5) is 0 Å². The summed E-state index contributed by atoms with van der Waals surface area (Å²) >= 11 is 0. The Morgan fingerprint density at radius 2 is 1.15 bits per heavy atom. The smallest absolute Gasteiger partial charge is 0.0282 e. The third-order valence-corrected chi connectivity index (χ3v) is 10.9. The Hall–Kier alpha value is -2.08. The van der Waals surface area contributed by atoms with Crippen LogP contribution in [0.15, 0.2) is 115 Å². The topological polar surface area (TPSA) is 6.48 Å². The van der Waals surface area contributed by atoms with Gasteiger partial charge in [0.1, 0.15) is 0 Å². The Balaban J connectivity index is 1.59. The molecule has 0 spiro atoms. The standard InChI is InChI=1S/C29H34N2P2/c1-3-14-26(15-4-2)32(27-16-8-5-9-17-27)30-22-24-31(25-23-30)33(28-18-10-6-11-19-28)29-20-12-7-13-21-29/h3,5-21H,4,22-25H2,1-2H3. The number of hydrogen-bond donors (Lipinski definition) is 0. The lowest BCUT2D eigenvalue weighted by Gasteiger charge is -2.43. The van der Waals surface area contributed by atoms with Crippen LogP contribution in [0.1, 0.15) is 20.3 Å². The SMILES string of the molecule is CC=CC(=CCC)P(c1ccccc1)N1CCN(P(c2ccccc2)c2ccccc2)CC1. The van der Waals surface area contributed by atoms with Crippen LogP contribution in [0.3, 0.4) is 0 Å². The van der Waals surface area contributed by atoms with E-state index in [4.69, 9.17) is 0 Å². The van der Waals surface area contributed by atoms with E-state index in [-0.39, 0.29) is 0 Å². The molecule has 4 heteroatoms. The molecule has 2 nitrogen and oxygen atoms in total. The van der Waals surface area contributed by atoms with Crippen LogP contribution < -0.4 is 15.9 Å². The van der Waals surface area contributed by atoms with Crippen molar-refractivity contribution in [2.45, 2.75) is 20.3 Å². The summed E-state index contributed by atoms with van der Waals surface area (Å²) in [6, 6.07) is 33.3.